The lowest BCUT2D eigenvalue weighted by Crippen LogP contribution is -2.28. The molecule has 0 spiro atoms. The maximum Gasteiger partial charge on any atom is 0.305 e. The van der Waals surface area contributed by atoms with Crippen LogP contribution in [0.25, 0.3) is 0 Å². The first-order chi connectivity index (χ1) is 14.4. The highest BCUT2D eigenvalue weighted by molar-refractivity contribution is 7.89. The molecule has 0 saturated heterocycles. The molecule has 1 aromatic heterocycles. The van der Waals surface area contributed by atoms with Crippen LogP contribution in [0.5, 0.6) is 0 Å². The summed E-state index contributed by atoms with van der Waals surface area (Å²) in [6.45, 7) is 2.15. The second-order valence-electron chi connectivity index (χ2n) is 7.21. The maximum atomic E-state index is 12.9. The first-order valence-electron chi connectivity index (χ1n) is 10.3. The monoisotopic (exact) mass is 471 g/mol. The first kappa shape index (κ1) is 24.9. The van der Waals surface area contributed by atoms with Gasteiger partial charge >= 0.3 is 5.97 Å². The second-order valence-corrected chi connectivity index (χ2v) is 10.6. The van der Waals surface area contributed by atoms with Crippen molar-refractivity contribution in [1.82, 2.24) is 4.72 Å². The van der Waals surface area contributed by atoms with Crippen molar-refractivity contribution < 1.29 is 17.9 Å². The van der Waals surface area contributed by atoms with Crippen LogP contribution in [0, 0.1) is 0 Å². The van der Waals surface area contributed by atoms with Gasteiger partial charge in [-0.05, 0) is 55.7 Å². The van der Waals surface area contributed by atoms with Crippen LogP contribution in [0.1, 0.15) is 67.7 Å². The van der Waals surface area contributed by atoms with E-state index in [1.165, 1.54) is 19.2 Å². The number of carbonyl (C=O) groups is 1. The van der Waals surface area contributed by atoms with Crippen LogP contribution in [-0.4, -0.2) is 21.5 Å². The van der Waals surface area contributed by atoms with Crippen molar-refractivity contribution in [3.05, 3.63) is 51.2 Å². The van der Waals surface area contributed by atoms with Gasteiger partial charge in [-0.3, -0.25) is 4.79 Å². The Labute approximate surface area is 188 Å². The van der Waals surface area contributed by atoms with Gasteiger partial charge in [0.1, 0.15) is 0 Å². The summed E-state index contributed by atoms with van der Waals surface area (Å²) in [6, 6.07) is 9.94. The molecule has 0 aliphatic heterocycles. The van der Waals surface area contributed by atoms with Crippen LogP contribution in [0.15, 0.2) is 41.3 Å². The van der Waals surface area contributed by atoms with E-state index in [0.717, 1.165) is 48.3 Å². The minimum absolute atomic E-state index is 0.209. The van der Waals surface area contributed by atoms with E-state index in [-0.39, 0.29) is 16.9 Å². The predicted molar refractivity (Wildman–Crippen MR) is 123 cm³/mol. The molecule has 0 aliphatic rings. The third-order valence-electron chi connectivity index (χ3n) is 4.83. The molecule has 0 fully saturated rings. The van der Waals surface area contributed by atoms with Gasteiger partial charge in [0.15, 0.2) is 0 Å². The summed E-state index contributed by atoms with van der Waals surface area (Å²) in [5.74, 6) is -0.212. The van der Waals surface area contributed by atoms with Crippen molar-refractivity contribution in [3.8, 4) is 0 Å². The summed E-state index contributed by atoms with van der Waals surface area (Å²) in [7, 11) is -2.26. The standard InChI is InChI=1S/C22H30ClNO4S2/c1-3-4-5-6-9-20(24-30(26,27)19-14-11-17(23)12-15-19)21-16-13-18(29-21)8-7-10-22(25)28-2/h11-16,20,24H,3-10H2,1-2H3. The molecule has 0 saturated carbocycles. The number of esters is 1. The molecule has 1 atom stereocenters. The van der Waals surface area contributed by atoms with E-state index in [9.17, 15) is 13.2 Å². The molecule has 1 heterocycles. The van der Waals surface area contributed by atoms with Crippen LogP contribution >= 0.6 is 22.9 Å². The smallest absolute Gasteiger partial charge is 0.305 e. The molecule has 0 amide bonds. The molecule has 0 bridgehead atoms. The zero-order valence-corrected chi connectivity index (χ0v) is 19.9. The van der Waals surface area contributed by atoms with E-state index in [0.29, 0.717) is 17.9 Å². The highest BCUT2D eigenvalue weighted by Gasteiger charge is 2.22. The molecule has 2 aromatic rings. The molecule has 1 unspecified atom stereocenters. The third-order valence-corrected chi connectivity index (χ3v) is 7.82. The average Bonchev–Trinajstić information content (AvgIpc) is 3.19. The van der Waals surface area contributed by atoms with Gasteiger partial charge in [-0.25, -0.2) is 13.1 Å². The lowest BCUT2D eigenvalue weighted by atomic mass is 10.1. The zero-order valence-electron chi connectivity index (χ0n) is 17.5. The fourth-order valence-electron chi connectivity index (χ4n) is 3.13. The molecule has 0 radical (unpaired) electrons. The highest BCUT2D eigenvalue weighted by atomic mass is 35.5. The van der Waals surface area contributed by atoms with Crippen molar-refractivity contribution in [1.29, 1.82) is 0 Å². The molecular formula is C22H30ClNO4S2. The molecule has 5 nitrogen and oxygen atoms in total. The fraction of sp³-hybridized carbons (Fsp3) is 0.500. The number of sulfonamides is 1. The van der Waals surface area contributed by atoms with Gasteiger partial charge < -0.3 is 4.74 Å². The van der Waals surface area contributed by atoms with Crippen molar-refractivity contribution in [2.24, 2.45) is 0 Å². The summed E-state index contributed by atoms with van der Waals surface area (Å²) >= 11 is 7.49. The number of unbranched alkanes of at least 4 members (excludes halogenated alkanes) is 3. The van der Waals surface area contributed by atoms with Crippen LogP contribution in [0.2, 0.25) is 5.02 Å². The second kappa shape index (κ2) is 12.4. The molecule has 1 aromatic carbocycles. The number of thiophene rings is 1. The van der Waals surface area contributed by atoms with E-state index in [4.69, 9.17) is 11.6 Å². The van der Waals surface area contributed by atoms with E-state index < -0.39 is 10.0 Å². The van der Waals surface area contributed by atoms with E-state index >= 15 is 0 Å². The van der Waals surface area contributed by atoms with Gasteiger partial charge in [-0.1, -0.05) is 44.2 Å². The molecule has 30 heavy (non-hydrogen) atoms. The summed E-state index contributed by atoms with van der Waals surface area (Å²) in [5.41, 5.74) is 0. The summed E-state index contributed by atoms with van der Waals surface area (Å²) in [6.07, 6.45) is 6.91. The van der Waals surface area contributed by atoms with Crippen molar-refractivity contribution in [2.75, 3.05) is 7.11 Å². The highest BCUT2D eigenvalue weighted by Crippen LogP contribution is 2.30. The minimum Gasteiger partial charge on any atom is -0.469 e. The number of hydrogen-bond donors (Lipinski definition) is 1. The minimum atomic E-state index is -3.65. The van der Waals surface area contributed by atoms with E-state index in [1.54, 1.807) is 23.5 Å². The van der Waals surface area contributed by atoms with Crippen LogP contribution in [0.4, 0.5) is 0 Å². The van der Waals surface area contributed by atoms with Gasteiger partial charge in [0.05, 0.1) is 18.0 Å². The van der Waals surface area contributed by atoms with E-state index in [1.807, 2.05) is 12.1 Å². The Balaban J connectivity index is 2.10. The largest absolute Gasteiger partial charge is 0.469 e. The lowest BCUT2D eigenvalue weighted by molar-refractivity contribution is -0.140. The number of ether oxygens (including phenoxy) is 1. The number of nitrogens with one attached hydrogen (secondary N) is 1. The number of aryl methyl sites for hydroxylation is 1. The Bertz CT molecular complexity index is 894. The Morgan fingerprint density at radius 2 is 1.83 bits per heavy atom. The lowest BCUT2D eigenvalue weighted by Gasteiger charge is -2.18. The molecule has 1 N–H and O–H groups in total. The van der Waals surface area contributed by atoms with Gasteiger partial charge in [-0.15, -0.1) is 11.3 Å². The van der Waals surface area contributed by atoms with Crippen molar-refractivity contribution >= 4 is 38.9 Å². The molecular weight excluding hydrogens is 442 g/mol. The number of benzene rings is 1. The van der Waals surface area contributed by atoms with Crippen LogP contribution < -0.4 is 4.72 Å². The Hall–Kier alpha value is -1.41. The zero-order chi connectivity index (χ0) is 22.0. The topological polar surface area (TPSA) is 72.5 Å². The average molecular weight is 472 g/mol. The predicted octanol–water partition coefficient (Wildman–Crippen LogP) is 5.89. The molecule has 2 rings (SSSR count). The van der Waals surface area contributed by atoms with Gasteiger partial charge in [0, 0.05) is 21.2 Å². The number of rotatable bonds is 13. The van der Waals surface area contributed by atoms with Crippen molar-refractivity contribution in [3.63, 3.8) is 0 Å². The quantitative estimate of drug-likeness (QED) is 0.292. The SMILES string of the molecule is CCCCCCC(NS(=O)(=O)c1ccc(Cl)cc1)c1ccc(CCCC(=O)OC)s1. The van der Waals surface area contributed by atoms with E-state index in [2.05, 4.69) is 16.4 Å². The Morgan fingerprint density at radius 1 is 1.10 bits per heavy atom. The number of hydrogen-bond acceptors (Lipinski definition) is 5. The molecule has 8 heteroatoms. The Kier molecular flexibility index (Phi) is 10.3. The molecule has 166 valence electrons. The van der Waals surface area contributed by atoms with Gasteiger partial charge in [0.2, 0.25) is 10.0 Å². The van der Waals surface area contributed by atoms with Crippen LogP contribution in [0.3, 0.4) is 0 Å². The molecule has 0 aliphatic carbocycles. The van der Waals surface area contributed by atoms with Crippen molar-refractivity contribution in [2.45, 2.75) is 69.2 Å². The fourth-order valence-corrected chi connectivity index (χ4v) is 5.72. The van der Waals surface area contributed by atoms with Gasteiger partial charge in [-0.2, -0.15) is 0 Å². The number of methoxy groups -OCH3 is 1. The first-order valence-corrected chi connectivity index (χ1v) is 13.0. The number of carbonyl (C=O) groups excluding carboxylic acids is 1. The van der Waals surface area contributed by atoms with Crippen LogP contribution in [-0.2, 0) is 26.0 Å². The number of halogens is 1. The third kappa shape index (κ3) is 8.02. The summed E-state index contributed by atoms with van der Waals surface area (Å²) < 4.78 is 33.4. The summed E-state index contributed by atoms with van der Waals surface area (Å²) in [4.78, 5) is 13.6. The maximum absolute atomic E-state index is 12.9. The Morgan fingerprint density at radius 3 is 2.50 bits per heavy atom. The summed E-state index contributed by atoms with van der Waals surface area (Å²) in [5, 5.41) is 0.500. The van der Waals surface area contributed by atoms with Gasteiger partial charge in [0.25, 0.3) is 0 Å². The normalized spacial score (nSPS) is 12.6.